The molecule has 172 valence electrons. The van der Waals surface area contributed by atoms with E-state index in [1.54, 1.807) is 26.4 Å². The van der Waals surface area contributed by atoms with Crippen LogP contribution >= 0.6 is 0 Å². The Morgan fingerprint density at radius 1 is 1.19 bits per heavy atom. The van der Waals surface area contributed by atoms with Crippen LogP contribution in [0.1, 0.15) is 24.8 Å². The van der Waals surface area contributed by atoms with E-state index in [-0.39, 0.29) is 12.6 Å². The fourth-order valence-corrected chi connectivity index (χ4v) is 4.43. The molecule has 0 unspecified atom stereocenters. The maximum Gasteiger partial charge on any atom is 0.416 e. The van der Waals surface area contributed by atoms with E-state index in [1.165, 1.54) is 25.2 Å². The molecule has 9 nitrogen and oxygen atoms in total. The Bertz CT molecular complexity index is 796. The molecule has 2 heterocycles. The SMILES string of the molecule is C=CCOC(=O)N1c2cc(OC)c(OC)cc2C(OC)(OC)CN2CCCC[C@H]2[C@@H]1O. The van der Waals surface area contributed by atoms with Crippen LogP contribution < -0.4 is 14.4 Å². The molecule has 1 N–H and O–H groups in total. The zero-order valence-corrected chi connectivity index (χ0v) is 18.6. The van der Waals surface area contributed by atoms with Crippen molar-refractivity contribution in [2.24, 2.45) is 0 Å². The molecular formula is C22H32N2O7. The van der Waals surface area contributed by atoms with E-state index in [0.29, 0.717) is 29.3 Å². The first kappa shape index (κ1) is 23.3. The number of methoxy groups -OCH3 is 4. The van der Waals surface area contributed by atoms with Crippen molar-refractivity contribution in [2.45, 2.75) is 37.3 Å². The third-order valence-corrected chi connectivity index (χ3v) is 6.04. The van der Waals surface area contributed by atoms with Gasteiger partial charge in [0.1, 0.15) is 6.61 Å². The summed E-state index contributed by atoms with van der Waals surface area (Å²) in [5.41, 5.74) is 0.891. The van der Waals surface area contributed by atoms with Gasteiger partial charge in [-0.05, 0) is 25.5 Å². The molecule has 9 heteroatoms. The van der Waals surface area contributed by atoms with Crippen molar-refractivity contribution in [3.05, 3.63) is 30.4 Å². The first-order chi connectivity index (χ1) is 15.0. The number of amides is 1. The number of piperidine rings is 1. The largest absolute Gasteiger partial charge is 0.493 e. The van der Waals surface area contributed by atoms with Crippen molar-refractivity contribution >= 4 is 11.8 Å². The summed E-state index contributed by atoms with van der Waals surface area (Å²) in [4.78, 5) is 16.5. The van der Waals surface area contributed by atoms with Gasteiger partial charge in [-0.3, -0.25) is 4.90 Å². The maximum atomic E-state index is 13.1. The number of rotatable bonds is 6. The van der Waals surface area contributed by atoms with Crippen LogP contribution in [0.5, 0.6) is 11.5 Å². The Hall–Kier alpha value is -2.33. The highest BCUT2D eigenvalue weighted by Gasteiger charge is 2.48. The Morgan fingerprint density at radius 2 is 1.87 bits per heavy atom. The lowest BCUT2D eigenvalue weighted by molar-refractivity contribution is -0.233. The molecule has 2 aliphatic heterocycles. The second-order valence-corrected chi connectivity index (χ2v) is 7.57. The van der Waals surface area contributed by atoms with E-state index in [1.807, 2.05) is 0 Å². The van der Waals surface area contributed by atoms with E-state index in [9.17, 15) is 9.90 Å². The van der Waals surface area contributed by atoms with Gasteiger partial charge in [-0.1, -0.05) is 19.1 Å². The zero-order chi connectivity index (χ0) is 22.6. The predicted octanol–water partition coefficient (Wildman–Crippen LogP) is 2.46. The van der Waals surface area contributed by atoms with Gasteiger partial charge in [-0.2, -0.15) is 0 Å². The normalized spacial score (nSPS) is 23.1. The van der Waals surface area contributed by atoms with E-state index >= 15 is 0 Å². The van der Waals surface area contributed by atoms with Crippen LogP contribution in [-0.4, -0.2) is 76.5 Å². The molecule has 0 bridgehead atoms. The fourth-order valence-electron chi connectivity index (χ4n) is 4.43. The average molecular weight is 437 g/mol. The summed E-state index contributed by atoms with van der Waals surface area (Å²) in [6.45, 7) is 4.73. The van der Waals surface area contributed by atoms with Crippen LogP contribution in [0, 0.1) is 0 Å². The predicted molar refractivity (Wildman–Crippen MR) is 114 cm³/mol. The van der Waals surface area contributed by atoms with Crippen LogP contribution in [-0.2, 0) is 20.0 Å². The Balaban J connectivity index is 2.27. The third-order valence-electron chi connectivity index (χ3n) is 6.04. The first-order valence-electron chi connectivity index (χ1n) is 10.3. The standard InChI is InChI=1S/C22H32N2O7/c1-6-11-31-21(26)24-17-13-19(28-3)18(27-2)12-15(17)22(29-4,30-5)14-23-10-8-7-9-16(23)20(24)25/h6,12-13,16,20,25H,1,7-11,14H2,2-5H3/t16-,20-/m0/s1. The number of benzene rings is 1. The monoisotopic (exact) mass is 436 g/mol. The van der Waals surface area contributed by atoms with E-state index in [0.717, 1.165) is 25.8 Å². The summed E-state index contributed by atoms with van der Waals surface area (Å²) in [5, 5.41) is 11.4. The molecule has 1 fully saturated rings. The van der Waals surface area contributed by atoms with Crippen molar-refractivity contribution in [3.63, 3.8) is 0 Å². The van der Waals surface area contributed by atoms with Crippen LogP contribution in [0.4, 0.5) is 10.5 Å². The van der Waals surface area contributed by atoms with Crippen molar-refractivity contribution in [3.8, 4) is 11.5 Å². The summed E-state index contributed by atoms with van der Waals surface area (Å²) in [5.74, 6) is -0.358. The van der Waals surface area contributed by atoms with Gasteiger partial charge in [-0.15, -0.1) is 0 Å². The maximum absolute atomic E-state index is 13.1. The van der Waals surface area contributed by atoms with E-state index in [2.05, 4.69) is 11.5 Å². The molecule has 0 aromatic heterocycles. The second kappa shape index (κ2) is 9.86. The van der Waals surface area contributed by atoms with Gasteiger partial charge in [0.15, 0.2) is 17.7 Å². The van der Waals surface area contributed by atoms with Crippen molar-refractivity contribution < 1.29 is 33.6 Å². The first-order valence-corrected chi connectivity index (χ1v) is 10.3. The number of nitrogens with zero attached hydrogens (tertiary/aromatic N) is 2. The van der Waals surface area contributed by atoms with Gasteiger partial charge in [0, 0.05) is 25.8 Å². The summed E-state index contributed by atoms with van der Waals surface area (Å²) in [6, 6.07) is 3.04. The number of hydrogen-bond acceptors (Lipinski definition) is 8. The van der Waals surface area contributed by atoms with Gasteiger partial charge in [-0.25, -0.2) is 9.69 Å². The number of anilines is 1. The lowest BCUT2D eigenvalue weighted by atomic mass is 9.92. The van der Waals surface area contributed by atoms with Gasteiger partial charge >= 0.3 is 6.09 Å². The number of hydrogen-bond donors (Lipinski definition) is 1. The number of aliphatic hydroxyl groups excluding tert-OH is 1. The van der Waals surface area contributed by atoms with Crippen LogP contribution in [0.15, 0.2) is 24.8 Å². The molecule has 1 aromatic carbocycles. The number of ether oxygens (including phenoxy) is 5. The molecular weight excluding hydrogens is 404 g/mol. The van der Waals surface area contributed by atoms with Crippen molar-refractivity contribution in [1.82, 2.24) is 4.90 Å². The molecule has 0 spiro atoms. The number of fused-ring (bicyclic) bond motifs is 2. The number of carbonyl (C=O) groups is 1. The van der Waals surface area contributed by atoms with Crippen LogP contribution in [0.2, 0.25) is 0 Å². The van der Waals surface area contributed by atoms with Gasteiger partial charge < -0.3 is 28.8 Å². The van der Waals surface area contributed by atoms with Crippen molar-refractivity contribution in [2.75, 3.05) is 53.0 Å². The topological polar surface area (TPSA) is 89.9 Å². The minimum atomic E-state index is -1.21. The molecule has 2 atom stereocenters. The molecule has 1 amide bonds. The molecule has 3 rings (SSSR count). The smallest absolute Gasteiger partial charge is 0.416 e. The quantitative estimate of drug-likeness (QED) is 0.537. The number of carbonyl (C=O) groups excluding carboxylic acids is 1. The summed E-state index contributed by atoms with van der Waals surface area (Å²) in [6.07, 6.45) is 2.28. The van der Waals surface area contributed by atoms with Crippen LogP contribution in [0.25, 0.3) is 0 Å². The Morgan fingerprint density at radius 3 is 2.48 bits per heavy atom. The van der Waals surface area contributed by atoms with Crippen molar-refractivity contribution in [1.29, 1.82) is 0 Å². The van der Waals surface area contributed by atoms with E-state index < -0.39 is 18.1 Å². The molecule has 1 aromatic rings. The highest BCUT2D eigenvalue weighted by atomic mass is 16.7. The molecule has 31 heavy (non-hydrogen) atoms. The summed E-state index contributed by atoms with van der Waals surface area (Å²) in [7, 11) is 6.15. The molecule has 0 aliphatic carbocycles. The van der Waals surface area contributed by atoms with Gasteiger partial charge in [0.05, 0.1) is 32.5 Å². The Kier molecular flexibility index (Phi) is 7.42. The highest BCUT2D eigenvalue weighted by Crippen LogP contribution is 2.45. The third kappa shape index (κ3) is 4.23. The molecule has 2 aliphatic rings. The van der Waals surface area contributed by atoms with Crippen LogP contribution in [0.3, 0.4) is 0 Å². The minimum absolute atomic E-state index is 0.0127. The number of aliphatic hydroxyl groups is 1. The summed E-state index contributed by atoms with van der Waals surface area (Å²) < 4.78 is 28.1. The van der Waals surface area contributed by atoms with E-state index in [4.69, 9.17) is 23.7 Å². The summed E-state index contributed by atoms with van der Waals surface area (Å²) >= 11 is 0. The fraction of sp³-hybridized carbons (Fsp3) is 0.591. The molecule has 0 saturated carbocycles. The van der Waals surface area contributed by atoms with Gasteiger partial charge in [0.25, 0.3) is 0 Å². The molecule has 0 radical (unpaired) electrons. The van der Waals surface area contributed by atoms with Gasteiger partial charge in [0.2, 0.25) is 5.79 Å². The molecule has 1 saturated heterocycles. The minimum Gasteiger partial charge on any atom is -0.493 e. The lowest BCUT2D eigenvalue weighted by Crippen LogP contribution is -2.61. The lowest BCUT2D eigenvalue weighted by Gasteiger charge is -2.48. The zero-order valence-electron chi connectivity index (χ0n) is 18.6. The average Bonchev–Trinajstić information content (AvgIpc) is 2.80. The second-order valence-electron chi connectivity index (χ2n) is 7.57. The highest BCUT2D eigenvalue weighted by molar-refractivity contribution is 5.90. The Labute approximate surface area is 183 Å².